The van der Waals surface area contributed by atoms with Gasteiger partial charge in [0.1, 0.15) is 23.4 Å². The van der Waals surface area contributed by atoms with E-state index < -0.39 is 41.9 Å². The van der Waals surface area contributed by atoms with Gasteiger partial charge in [-0.3, -0.25) is 9.59 Å². The Morgan fingerprint density at radius 3 is 2.40 bits per heavy atom. The van der Waals surface area contributed by atoms with Gasteiger partial charge in [-0.2, -0.15) is 0 Å². The van der Waals surface area contributed by atoms with Gasteiger partial charge in [0.15, 0.2) is 5.78 Å². The number of aryl methyl sites for hydroxylation is 1. The molecule has 0 aromatic heterocycles. The summed E-state index contributed by atoms with van der Waals surface area (Å²) in [5.74, 6) is -1.32. The van der Waals surface area contributed by atoms with Crippen LogP contribution < -0.4 is 9.47 Å². The third kappa shape index (κ3) is 4.82. The van der Waals surface area contributed by atoms with E-state index in [0.717, 1.165) is 0 Å². The molecule has 4 aromatic carbocycles. The fourth-order valence-corrected chi connectivity index (χ4v) is 6.45. The lowest BCUT2D eigenvalue weighted by Gasteiger charge is -2.39. The molecule has 1 saturated heterocycles. The molecule has 0 radical (unpaired) electrons. The van der Waals surface area contributed by atoms with Crippen molar-refractivity contribution < 1.29 is 38.4 Å². The van der Waals surface area contributed by atoms with Gasteiger partial charge >= 0.3 is 5.97 Å². The predicted octanol–water partition coefficient (Wildman–Crippen LogP) is 6.40. The van der Waals surface area contributed by atoms with Crippen molar-refractivity contribution in [2.24, 2.45) is 5.11 Å². The van der Waals surface area contributed by atoms with Crippen LogP contribution in [0.2, 0.25) is 0 Å². The third-order valence-corrected chi connectivity index (χ3v) is 8.45. The van der Waals surface area contributed by atoms with Crippen LogP contribution in [0.15, 0.2) is 65.8 Å². The zero-order valence-electron chi connectivity index (χ0n) is 24.9. The largest absolute Gasteiger partial charge is 0.507 e. The number of fused-ring (bicyclic) bond motifs is 4. The highest BCUT2D eigenvalue weighted by atomic mass is 16.6. The Hall–Kier alpha value is -5.38. The Morgan fingerprint density at radius 1 is 0.978 bits per heavy atom. The lowest BCUT2D eigenvalue weighted by molar-refractivity contribution is -0.124. The summed E-state index contributed by atoms with van der Waals surface area (Å²) in [6.45, 7) is 3.48. The van der Waals surface area contributed by atoms with Crippen LogP contribution >= 0.6 is 0 Å². The highest BCUT2D eigenvalue weighted by molar-refractivity contribution is 6.34. The molecule has 228 valence electrons. The average Bonchev–Trinajstić information content (AvgIpc) is 3.04. The molecule has 1 aliphatic carbocycles. The van der Waals surface area contributed by atoms with Crippen LogP contribution in [0.5, 0.6) is 17.2 Å². The van der Waals surface area contributed by atoms with Gasteiger partial charge < -0.3 is 24.1 Å². The van der Waals surface area contributed by atoms with Crippen molar-refractivity contribution in [1.29, 1.82) is 0 Å². The Labute approximate surface area is 257 Å². The summed E-state index contributed by atoms with van der Waals surface area (Å²) in [5, 5.41) is 16.5. The van der Waals surface area contributed by atoms with Gasteiger partial charge in [-0.25, -0.2) is 4.79 Å². The van der Waals surface area contributed by atoms with E-state index in [-0.39, 0.29) is 51.3 Å². The number of hydrogen-bond donors (Lipinski definition) is 1. The maximum absolute atomic E-state index is 14.1. The van der Waals surface area contributed by atoms with Gasteiger partial charge in [0.05, 0.1) is 49.2 Å². The molecular weight excluding hydrogens is 578 g/mol. The van der Waals surface area contributed by atoms with Crippen LogP contribution in [0.4, 0.5) is 0 Å². The van der Waals surface area contributed by atoms with E-state index in [1.165, 1.54) is 14.2 Å². The summed E-state index contributed by atoms with van der Waals surface area (Å²) in [5.41, 5.74) is 11.0. The number of ketones is 2. The molecule has 0 unspecified atom stereocenters. The smallest absolute Gasteiger partial charge is 0.338 e. The van der Waals surface area contributed by atoms with Crippen LogP contribution in [0.3, 0.4) is 0 Å². The highest BCUT2D eigenvalue weighted by Gasteiger charge is 2.42. The van der Waals surface area contributed by atoms with E-state index in [4.69, 9.17) is 18.9 Å². The number of hydrogen-bond acceptors (Lipinski definition) is 9. The Balaban J connectivity index is 1.46. The Kier molecular flexibility index (Phi) is 7.66. The van der Waals surface area contributed by atoms with Crippen molar-refractivity contribution in [2.75, 3.05) is 14.2 Å². The first-order valence-corrected chi connectivity index (χ1v) is 14.3. The van der Waals surface area contributed by atoms with E-state index in [1.807, 2.05) is 0 Å². The standard InChI is InChI=1S/C34H29N3O8/c1-16-13-19-14-23(43-4)28-29(30(38)20-11-8-12-22(42-3)27(20)32(28)40)26(19)31(39)25(16)24-15-21(36-37-35)33(17(2)44-24)45-34(41)18-9-6-5-7-10-18/h5-14,17,21,24,33,39H,15H2,1-4H3/t17-,21+,24-,33-/m1/s1. The van der Waals surface area contributed by atoms with Gasteiger partial charge in [0.25, 0.3) is 0 Å². The summed E-state index contributed by atoms with van der Waals surface area (Å²) in [7, 11) is 2.83. The first kappa shape index (κ1) is 29.7. The molecule has 1 heterocycles. The van der Waals surface area contributed by atoms with Crippen LogP contribution in [0, 0.1) is 6.92 Å². The number of nitrogens with zero attached hydrogens (tertiary/aromatic N) is 3. The fourth-order valence-electron chi connectivity index (χ4n) is 6.45. The third-order valence-electron chi connectivity index (χ3n) is 8.45. The van der Waals surface area contributed by atoms with E-state index in [1.54, 1.807) is 74.5 Å². The molecule has 45 heavy (non-hydrogen) atoms. The molecular formula is C34H29N3O8. The number of methoxy groups -OCH3 is 2. The van der Waals surface area contributed by atoms with Gasteiger partial charge in [-0.15, -0.1) is 0 Å². The number of carbonyl (C=O) groups is 3. The average molecular weight is 608 g/mol. The zero-order valence-corrected chi connectivity index (χ0v) is 24.9. The molecule has 4 atom stereocenters. The molecule has 1 N–H and O–H groups in total. The van der Waals surface area contributed by atoms with Gasteiger partial charge in [0, 0.05) is 27.0 Å². The van der Waals surface area contributed by atoms with E-state index >= 15 is 0 Å². The van der Waals surface area contributed by atoms with Crippen LogP contribution in [-0.4, -0.2) is 55.1 Å². The second kappa shape index (κ2) is 11.6. The van der Waals surface area contributed by atoms with Crippen LogP contribution in [0.1, 0.15) is 72.8 Å². The SMILES string of the molecule is COc1cccc2c1C(=O)c1c(OC)cc3cc(C)c([C@H]4C[C@H](N=[N+]=[N-])[C@H](OC(=O)c5ccccc5)[C@@H](C)O4)c(O)c3c1C2=O. The molecule has 0 amide bonds. The van der Waals surface area contributed by atoms with Gasteiger partial charge in [0.2, 0.25) is 5.78 Å². The van der Waals surface area contributed by atoms with E-state index in [9.17, 15) is 25.0 Å². The number of azide groups is 1. The number of phenols is 1. The monoisotopic (exact) mass is 607 g/mol. The van der Waals surface area contributed by atoms with E-state index in [0.29, 0.717) is 22.1 Å². The summed E-state index contributed by atoms with van der Waals surface area (Å²) in [6, 6.07) is 15.8. The summed E-state index contributed by atoms with van der Waals surface area (Å²) >= 11 is 0. The number of esters is 1. The molecule has 1 aliphatic heterocycles. The Morgan fingerprint density at radius 2 is 1.71 bits per heavy atom. The lowest BCUT2D eigenvalue weighted by atomic mass is 9.79. The predicted molar refractivity (Wildman–Crippen MR) is 163 cm³/mol. The first-order chi connectivity index (χ1) is 21.7. The quantitative estimate of drug-likeness (QED) is 0.101. The maximum Gasteiger partial charge on any atom is 0.338 e. The molecule has 11 heteroatoms. The minimum Gasteiger partial charge on any atom is -0.507 e. The molecule has 0 spiro atoms. The molecule has 0 saturated carbocycles. The number of aromatic hydroxyl groups is 1. The van der Waals surface area contributed by atoms with Crippen molar-refractivity contribution in [3.63, 3.8) is 0 Å². The zero-order chi connectivity index (χ0) is 32.0. The summed E-state index contributed by atoms with van der Waals surface area (Å²) in [6.07, 6.45) is -2.35. The summed E-state index contributed by atoms with van der Waals surface area (Å²) in [4.78, 5) is 43.8. The maximum atomic E-state index is 14.1. The number of rotatable bonds is 6. The van der Waals surface area contributed by atoms with Crippen LogP contribution in [0.25, 0.3) is 21.2 Å². The lowest BCUT2D eigenvalue weighted by Crippen LogP contribution is -2.46. The van der Waals surface area contributed by atoms with Crippen molar-refractivity contribution in [3.8, 4) is 17.2 Å². The van der Waals surface area contributed by atoms with Crippen LogP contribution in [-0.2, 0) is 9.47 Å². The number of phenolic OH excluding ortho intramolecular Hbond substituents is 1. The Bertz CT molecular complexity index is 1930. The summed E-state index contributed by atoms with van der Waals surface area (Å²) < 4.78 is 23.0. The second-order valence-corrected chi connectivity index (χ2v) is 11.0. The highest BCUT2D eigenvalue weighted by Crippen LogP contribution is 2.48. The molecule has 6 rings (SSSR count). The molecule has 1 fully saturated rings. The number of carbonyl (C=O) groups excluding carboxylic acids is 3. The minimum atomic E-state index is -0.893. The topological polar surface area (TPSA) is 157 Å². The fraction of sp³-hybridized carbons (Fsp3) is 0.265. The number of benzene rings is 4. The molecule has 11 nitrogen and oxygen atoms in total. The number of ether oxygens (including phenoxy) is 4. The van der Waals surface area contributed by atoms with Crippen molar-refractivity contribution in [3.05, 3.63) is 110 Å². The molecule has 0 bridgehead atoms. The van der Waals surface area contributed by atoms with Crippen molar-refractivity contribution in [1.82, 2.24) is 0 Å². The minimum absolute atomic E-state index is 0.0129. The molecule has 4 aromatic rings. The first-order valence-electron chi connectivity index (χ1n) is 14.3. The normalized spacial score (nSPS) is 20.5. The van der Waals surface area contributed by atoms with Crippen molar-refractivity contribution in [2.45, 2.75) is 44.6 Å². The van der Waals surface area contributed by atoms with Gasteiger partial charge in [-0.05, 0) is 61.0 Å². The van der Waals surface area contributed by atoms with Gasteiger partial charge in [-0.1, -0.05) is 41.5 Å². The van der Waals surface area contributed by atoms with E-state index in [2.05, 4.69) is 10.0 Å². The van der Waals surface area contributed by atoms with Crippen molar-refractivity contribution >= 4 is 28.3 Å². The molecule has 2 aliphatic rings. The second-order valence-electron chi connectivity index (χ2n) is 11.0.